The van der Waals surface area contributed by atoms with Gasteiger partial charge in [-0.3, -0.25) is 19.4 Å². The van der Waals surface area contributed by atoms with Crippen molar-refractivity contribution >= 4 is 45.7 Å². The van der Waals surface area contributed by atoms with Crippen LogP contribution in [-0.4, -0.2) is 45.0 Å². The van der Waals surface area contributed by atoms with Crippen molar-refractivity contribution < 1.29 is 14.4 Å². The first kappa shape index (κ1) is 28.2. The Morgan fingerprint density at radius 2 is 1.92 bits per heavy atom. The van der Waals surface area contributed by atoms with Crippen molar-refractivity contribution in [3.05, 3.63) is 53.2 Å². The predicted molar refractivity (Wildman–Crippen MR) is 155 cm³/mol. The average molecular weight is 553 g/mol. The molecule has 1 aromatic heterocycles. The van der Waals surface area contributed by atoms with Gasteiger partial charge < -0.3 is 10.6 Å². The number of thioether (sulfide) groups is 1. The maximum Gasteiger partial charge on any atom is 0.249 e. The Morgan fingerprint density at radius 3 is 2.63 bits per heavy atom. The summed E-state index contributed by atoms with van der Waals surface area (Å²) in [5, 5.41) is 7.50. The molecule has 1 aromatic carbocycles. The van der Waals surface area contributed by atoms with Crippen LogP contribution in [0, 0.1) is 11.8 Å². The molecule has 7 nitrogen and oxygen atoms in total. The van der Waals surface area contributed by atoms with Crippen LogP contribution in [0.3, 0.4) is 0 Å². The number of aromatic nitrogens is 1. The van der Waals surface area contributed by atoms with Crippen LogP contribution < -0.4 is 10.6 Å². The van der Waals surface area contributed by atoms with Gasteiger partial charge in [0.15, 0.2) is 5.78 Å². The lowest BCUT2D eigenvalue weighted by molar-refractivity contribution is -0.131. The molecule has 3 heterocycles. The van der Waals surface area contributed by atoms with Gasteiger partial charge in [0, 0.05) is 18.6 Å². The van der Waals surface area contributed by atoms with Gasteiger partial charge in [-0.2, -0.15) is 0 Å². The van der Waals surface area contributed by atoms with E-state index in [2.05, 4.69) is 17.6 Å². The summed E-state index contributed by atoms with van der Waals surface area (Å²) in [5.74, 6) is -0.314. The molecule has 4 bridgehead atoms. The minimum Gasteiger partial charge on any atom is -0.350 e. The maximum atomic E-state index is 13.5. The maximum absolute atomic E-state index is 13.5. The molecule has 2 amide bonds. The molecule has 2 aliphatic rings. The molecule has 2 N–H and O–H groups in total. The Kier molecular flexibility index (Phi) is 9.20. The number of thiazole rings is 1. The number of benzene rings is 1. The van der Waals surface area contributed by atoms with E-state index in [4.69, 9.17) is 9.98 Å². The van der Waals surface area contributed by atoms with Crippen molar-refractivity contribution in [1.29, 1.82) is 0 Å². The third-order valence-corrected chi connectivity index (χ3v) is 9.12. The summed E-state index contributed by atoms with van der Waals surface area (Å²) in [6.07, 6.45) is 6.29. The minimum atomic E-state index is -1.00. The van der Waals surface area contributed by atoms with Crippen molar-refractivity contribution in [2.24, 2.45) is 16.8 Å². The molecule has 9 heteroatoms. The van der Waals surface area contributed by atoms with E-state index in [1.165, 1.54) is 23.1 Å². The number of nitrogens with one attached hydrogen (secondary N) is 2. The topological polar surface area (TPSA) is 101 Å². The van der Waals surface area contributed by atoms with E-state index in [1.807, 2.05) is 63.3 Å². The molecule has 1 unspecified atom stereocenters. The molecular formula is C29H36N4O3S2. The Balaban J connectivity index is 1.74. The Bertz CT molecular complexity index is 1240. The molecule has 0 spiro atoms. The van der Waals surface area contributed by atoms with Gasteiger partial charge in [-0.15, -0.1) is 23.1 Å². The standard InChI is InChI=1S/C29H36N4O3S2/c1-5-6-8-11-19-14-21(34)24(18(2)3)32-28(36)29(4)17-37-27(33-29)25-26(20-12-9-7-10-13-20)38-23(31-25)16-30-22(35)15-19/h7-13,18-19,24H,5-6,14-17H2,1-4H3,(H,30,35)(H,32,36)/b11-8+/t19-,24?,29-/m0/s1. The molecule has 38 heavy (non-hydrogen) atoms. The van der Waals surface area contributed by atoms with Crippen LogP contribution in [0.1, 0.15) is 64.1 Å². The number of rotatable bonds is 5. The van der Waals surface area contributed by atoms with E-state index in [9.17, 15) is 14.4 Å². The Morgan fingerprint density at radius 1 is 1.16 bits per heavy atom. The van der Waals surface area contributed by atoms with Gasteiger partial charge in [0.2, 0.25) is 11.8 Å². The van der Waals surface area contributed by atoms with E-state index in [0.29, 0.717) is 17.3 Å². The first-order valence-corrected chi connectivity index (χ1v) is 15.1. The normalized spacial score (nSPS) is 25.0. The minimum absolute atomic E-state index is 0.0630. The Hall–Kier alpha value is -2.78. The highest BCUT2D eigenvalue weighted by Gasteiger charge is 2.42. The zero-order valence-electron chi connectivity index (χ0n) is 22.5. The van der Waals surface area contributed by atoms with Crippen molar-refractivity contribution in [3.63, 3.8) is 0 Å². The largest absolute Gasteiger partial charge is 0.350 e. The first-order chi connectivity index (χ1) is 18.2. The summed E-state index contributed by atoms with van der Waals surface area (Å²) in [6, 6.07) is 9.33. The van der Waals surface area contributed by atoms with Gasteiger partial charge in [0.05, 0.1) is 17.5 Å². The molecule has 0 saturated carbocycles. The SMILES string of the molecule is CCC/C=C/[C@@H]1CC(=O)NCc2nc(c(-c3ccccc3)s2)C2=N[C@@](C)(CS2)C(=O)NC(C(C)C)C(=O)C1. The van der Waals surface area contributed by atoms with E-state index < -0.39 is 11.6 Å². The van der Waals surface area contributed by atoms with Crippen molar-refractivity contribution in [1.82, 2.24) is 15.6 Å². The number of unbranched alkanes of at least 4 members (excludes halogenated alkanes) is 1. The lowest BCUT2D eigenvalue weighted by Gasteiger charge is -2.27. The highest BCUT2D eigenvalue weighted by molar-refractivity contribution is 8.14. The highest BCUT2D eigenvalue weighted by atomic mass is 32.2. The fourth-order valence-electron chi connectivity index (χ4n) is 4.55. The highest BCUT2D eigenvalue weighted by Crippen LogP contribution is 2.38. The number of nitrogens with zero attached hydrogens (tertiary/aromatic N) is 2. The number of ketones is 1. The first-order valence-electron chi connectivity index (χ1n) is 13.3. The van der Waals surface area contributed by atoms with E-state index in [0.717, 1.165) is 34.0 Å². The lowest BCUT2D eigenvalue weighted by Crippen LogP contribution is -2.52. The number of hydrogen-bond donors (Lipinski definition) is 2. The Labute approximate surface area is 233 Å². The van der Waals surface area contributed by atoms with E-state index in [-0.39, 0.29) is 42.3 Å². The van der Waals surface area contributed by atoms with E-state index in [1.54, 1.807) is 0 Å². The van der Waals surface area contributed by atoms with Crippen LogP contribution in [0.4, 0.5) is 0 Å². The third kappa shape index (κ3) is 6.61. The quantitative estimate of drug-likeness (QED) is 0.500. The molecular weight excluding hydrogens is 516 g/mol. The number of hydrogen-bond acceptors (Lipinski definition) is 7. The molecule has 0 fully saturated rings. The van der Waals surface area contributed by atoms with Crippen LogP contribution in [0.15, 0.2) is 47.5 Å². The fourth-order valence-corrected chi connectivity index (χ4v) is 6.79. The summed E-state index contributed by atoms with van der Waals surface area (Å²) in [5.41, 5.74) is 0.746. The van der Waals surface area contributed by atoms with Crippen molar-refractivity contribution in [3.8, 4) is 10.4 Å². The third-order valence-electron chi connectivity index (χ3n) is 6.75. The second-order valence-electron chi connectivity index (χ2n) is 10.5. The molecule has 0 aliphatic carbocycles. The predicted octanol–water partition coefficient (Wildman–Crippen LogP) is 5.15. The fraction of sp³-hybridized carbons (Fsp3) is 0.483. The summed E-state index contributed by atoms with van der Waals surface area (Å²) >= 11 is 3.03. The van der Waals surface area contributed by atoms with Crippen molar-refractivity contribution in [2.75, 3.05) is 5.75 Å². The second kappa shape index (κ2) is 12.4. The number of amides is 2. The number of aliphatic imine (C=N–C) groups is 1. The molecule has 0 radical (unpaired) electrons. The number of Topliss-reactive ketones (excluding diaryl/α,β-unsaturated/α-hetero) is 1. The molecule has 2 aromatic rings. The zero-order chi connectivity index (χ0) is 27.3. The van der Waals surface area contributed by atoms with Crippen LogP contribution in [0.5, 0.6) is 0 Å². The van der Waals surface area contributed by atoms with Crippen LogP contribution >= 0.6 is 23.1 Å². The zero-order valence-corrected chi connectivity index (χ0v) is 24.1. The van der Waals surface area contributed by atoms with Gasteiger partial charge in [-0.05, 0) is 30.7 Å². The summed E-state index contributed by atoms with van der Waals surface area (Å²) in [6.45, 7) is 8.07. The van der Waals surface area contributed by atoms with Gasteiger partial charge in [-0.25, -0.2) is 4.98 Å². The van der Waals surface area contributed by atoms with Crippen LogP contribution in [0.2, 0.25) is 0 Å². The summed E-state index contributed by atoms with van der Waals surface area (Å²) in [4.78, 5) is 50.6. The van der Waals surface area contributed by atoms with Gasteiger partial charge in [-0.1, -0.05) is 69.7 Å². The number of fused-ring (bicyclic) bond motifs is 4. The average Bonchev–Trinajstić information content (AvgIpc) is 3.50. The monoisotopic (exact) mass is 552 g/mol. The van der Waals surface area contributed by atoms with Gasteiger partial charge >= 0.3 is 0 Å². The summed E-state index contributed by atoms with van der Waals surface area (Å²) in [7, 11) is 0. The molecule has 0 saturated heterocycles. The van der Waals surface area contributed by atoms with Crippen LogP contribution in [0.25, 0.3) is 10.4 Å². The van der Waals surface area contributed by atoms with Gasteiger partial charge in [0.25, 0.3) is 0 Å². The van der Waals surface area contributed by atoms with Crippen LogP contribution in [-0.2, 0) is 20.9 Å². The summed E-state index contributed by atoms with van der Waals surface area (Å²) < 4.78 is 0. The number of carbonyl (C=O) groups excluding carboxylic acids is 3. The lowest BCUT2D eigenvalue weighted by atomic mass is 9.89. The molecule has 4 rings (SSSR count). The second-order valence-corrected chi connectivity index (χ2v) is 12.5. The smallest absolute Gasteiger partial charge is 0.249 e. The molecule has 2 aliphatic heterocycles. The van der Waals surface area contributed by atoms with E-state index >= 15 is 0 Å². The van der Waals surface area contributed by atoms with Gasteiger partial charge in [0.1, 0.15) is 21.3 Å². The van der Waals surface area contributed by atoms with Crippen molar-refractivity contribution in [2.45, 2.75) is 71.5 Å². The molecule has 202 valence electrons. The number of carbonyl (C=O) groups is 3. The number of allylic oxidation sites excluding steroid dienone is 2. The molecule has 3 atom stereocenters.